The van der Waals surface area contributed by atoms with E-state index in [4.69, 9.17) is 35.5 Å². The average Bonchev–Trinajstić information content (AvgIpc) is 0.784. The highest BCUT2D eigenvalue weighted by molar-refractivity contribution is 5.97. The Labute approximate surface area is 601 Å². The molecule has 10 rings (SSSR count). The van der Waals surface area contributed by atoms with Crippen LogP contribution in [0.15, 0.2) is 114 Å². The number of benzene rings is 6. The van der Waals surface area contributed by atoms with E-state index >= 15 is 0 Å². The largest absolute Gasteiger partial charge is 0.508 e. The number of fused-ring (bicyclic) bond motifs is 4. The zero-order valence-electron chi connectivity index (χ0n) is 58.6. The topological polar surface area (TPSA) is 269 Å². The number of hydrogen-bond acceptors (Lipinski definition) is 16. The van der Waals surface area contributed by atoms with Crippen molar-refractivity contribution in [2.75, 3.05) is 37.9 Å². The molecule has 0 aliphatic heterocycles. The van der Waals surface area contributed by atoms with Gasteiger partial charge in [-0.05, 0) is 207 Å². The number of carbonyl (C=O) groups is 4. The molecule has 0 unspecified atom stereocenters. The van der Waals surface area contributed by atoms with E-state index in [1.165, 1.54) is 50.2 Å². The lowest BCUT2D eigenvalue weighted by Gasteiger charge is -2.13. The molecule has 7 N–H and O–H groups in total. The van der Waals surface area contributed by atoms with Crippen LogP contribution >= 0.6 is 0 Å². The highest BCUT2D eigenvalue weighted by Crippen LogP contribution is 2.42. The quantitative estimate of drug-likeness (QED) is 0.0311. The van der Waals surface area contributed by atoms with E-state index in [0.717, 1.165) is 42.5 Å². The van der Waals surface area contributed by atoms with Crippen LogP contribution in [0.25, 0.3) is 43.6 Å². The van der Waals surface area contributed by atoms with E-state index in [9.17, 15) is 108 Å². The molecule has 4 aromatic heterocycles. The molecule has 0 bridgehead atoms. The Morgan fingerprint density at radius 2 is 0.657 bits per heavy atom. The molecule has 0 radical (unpaired) electrons. The van der Waals surface area contributed by atoms with Crippen molar-refractivity contribution in [1.82, 2.24) is 19.9 Å². The summed E-state index contributed by atoms with van der Waals surface area (Å²) in [5.74, 6) is -4.07. The summed E-state index contributed by atoms with van der Waals surface area (Å²) in [6.07, 6.45) is -27.3. The van der Waals surface area contributed by atoms with Crippen LogP contribution in [0.3, 0.4) is 0 Å². The number of aryl methyl sites for hydroxylation is 7. The lowest BCUT2D eigenvalue weighted by atomic mass is 10.0. The molecule has 108 heavy (non-hydrogen) atoms. The SMILES string of the molecule is CCOC(=O)c1cc(=O)c2cc(C)cc(C(F)(F)F)c2[nH]1.CCOC(=O)c1cc(C)c2cc(C)cc(C(F)(F)F)c2n1.CCOC(=O)c1cc(C)c2cc(C)cc(C(F)(F)F)c2n1.CCOC(=O)c1cc(C)c2cc(O)cc(C(F)(F)F)c2n1.Cc1ccc(N)c(C(F)(F)F)c1.Nc1ccc(O)cc1C(F)(F)F. The van der Waals surface area contributed by atoms with Crippen LogP contribution in [0.1, 0.15) is 142 Å². The predicted octanol–water partition coefficient (Wildman–Crippen LogP) is 19.2. The van der Waals surface area contributed by atoms with Gasteiger partial charge in [-0.3, -0.25) is 4.79 Å². The van der Waals surface area contributed by atoms with E-state index in [0.29, 0.717) is 61.8 Å². The number of phenols is 2. The second-order valence-electron chi connectivity index (χ2n) is 23.3. The van der Waals surface area contributed by atoms with Gasteiger partial charge in [-0.25, -0.2) is 34.1 Å². The second-order valence-corrected chi connectivity index (χ2v) is 23.3. The van der Waals surface area contributed by atoms with Crippen LogP contribution < -0.4 is 16.9 Å². The highest BCUT2D eigenvalue weighted by atomic mass is 19.4. The molecular weight excluding hydrogens is 1480 g/mol. The molecule has 0 atom stereocenters. The van der Waals surface area contributed by atoms with E-state index in [-0.39, 0.29) is 87.9 Å². The van der Waals surface area contributed by atoms with Gasteiger partial charge in [0.2, 0.25) is 0 Å². The molecule has 4 heterocycles. The van der Waals surface area contributed by atoms with Crippen LogP contribution in [0.4, 0.5) is 90.4 Å². The number of alkyl halides is 18. The van der Waals surface area contributed by atoms with Gasteiger partial charge in [-0.15, -0.1) is 0 Å². The van der Waals surface area contributed by atoms with E-state index in [1.54, 1.807) is 80.5 Å². The van der Waals surface area contributed by atoms with Crippen molar-refractivity contribution in [2.45, 2.75) is 113 Å². The normalized spacial score (nSPS) is 11.7. The number of nitrogen functional groups attached to an aromatic ring is 2. The number of esters is 4. The summed E-state index contributed by atoms with van der Waals surface area (Å²) >= 11 is 0. The van der Waals surface area contributed by atoms with Crippen LogP contribution in [0.2, 0.25) is 0 Å². The molecule has 17 nitrogen and oxygen atoms in total. The minimum Gasteiger partial charge on any atom is -0.508 e. The zero-order valence-corrected chi connectivity index (χ0v) is 58.6. The van der Waals surface area contributed by atoms with Gasteiger partial charge >= 0.3 is 60.9 Å². The number of hydrogen-bond donors (Lipinski definition) is 5. The fraction of sp³-hybridized carbons (Fsp3) is 0.288. The summed E-state index contributed by atoms with van der Waals surface area (Å²) in [4.78, 5) is 72.4. The molecule has 10 aromatic rings. The van der Waals surface area contributed by atoms with Crippen molar-refractivity contribution in [3.63, 3.8) is 0 Å². The Morgan fingerprint density at radius 1 is 0.361 bits per heavy atom. The van der Waals surface area contributed by atoms with Gasteiger partial charge in [-0.1, -0.05) is 11.6 Å². The molecule has 0 amide bonds. The first-order chi connectivity index (χ1) is 49.8. The maximum Gasteiger partial charge on any atom is 0.418 e. The monoisotopic (exact) mass is 1540 g/mol. The highest BCUT2D eigenvalue weighted by Gasteiger charge is 2.39. The number of pyridine rings is 4. The molecule has 6 aromatic carbocycles. The number of phenolic OH excluding ortho intramolecular Hbond substituents is 2. The van der Waals surface area contributed by atoms with E-state index in [1.807, 2.05) is 0 Å². The van der Waals surface area contributed by atoms with Gasteiger partial charge in [-0.2, -0.15) is 79.0 Å². The van der Waals surface area contributed by atoms with Crippen LogP contribution in [0, 0.1) is 48.5 Å². The Bertz CT molecular complexity index is 4700. The molecule has 0 fully saturated rings. The number of halogens is 18. The number of nitrogens with two attached hydrogens (primary N) is 2. The summed E-state index contributed by atoms with van der Waals surface area (Å²) in [7, 11) is 0. The third kappa shape index (κ3) is 22.8. The molecule has 35 heteroatoms. The van der Waals surface area contributed by atoms with Gasteiger partial charge in [0.25, 0.3) is 0 Å². The number of aromatic hydroxyl groups is 2. The van der Waals surface area contributed by atoms with Gasteiger partial charge in [0.15, 0.2) is 5.43 Å². The zero-order chi connectivity index (χ0) is 81.8. The Morgan fingerprint density at radius 3 is 1.00 bits per heavy atom. The smallest absolute Gasteiger partial charge is 0.418 e. The summed E-state index contributed by atoms with van der Waals surface area (Å²) < 4.78 is 249. The fourth-order valence-electron chi connectivity index (χ4n) is 10.1. The number of ether oxygens (including phenoxy) is 4. The average molecular weight is 1550 g/mol. The van der Waals surface area contributed by atoms with Crippen LogP contribution in [-0.2, 0) is 56.0 Å². The van der Waals surface area contributed by atoms with Crippen molar-refractivity contribution >= 4 is 78.9 Å². The second kappa shape index (κ2) is 34.9. The molecule has 0 saturated heterocycles. The number of H-pyrrole nitrogens is 1. The fourth-order valence-corrected chi connectivity index (χ4v) is 10.1. The Hall–Kier alpha value is -11.4. The number of carbonyl (C=O) groups excluding carboxylic acids is 4. The molecule has 0 saturated carbocycles. The summed E-state index contributed by atoms with van der Waals surface area (Å²) in [6, 6.07) is 21.1. The summed E-state index contributed by atoms with van der Waals surface area (Å²) in [5, 5.41) is 19.0. The van der Waals surface area contributed by atoms with Crippen molar-refractivity contribution < 1.29 is 127 Å². The standard InChI is InChI=1S/2C15H14F3NO2.2C14H12F3NO3.C8H8F3N.C7H6F3NO/c2*1-4-21-14(20)12-7-9(3)10-5-8(2)6-11(13(10)19-12)15(16,17)18;1-3-21-13(20)11-4-7(2)9-5-8(19)6-10(12(9)18-11)14(15,16)17;1-3-21-13(20)10-6-11(19)8-4-7(2)5-9(12(8)18-10)14(15,16)17;1-5-2-3-7(12)6(4-5)8(9,10)11;8-7(9,10)5-3-4(12)1-2-6(5)11/h2*5-7H,4H2,1-3H3;4-6,19H,3H2,1-2H3;4-6H,3H2,1-2H3,(H,18,19);2-4H,12H2,1H3;1-3,12H,11H2. The first-order valence-corrected chi connectivity index (χ1v) is 31.5. The number of aromatic nitrogens is 4. The van der Waals surface area contributed by atoms with Crippen molar-refractivity contribution in [2.24, 2.45) is 0 Å². The molecular formula is C73H66F18N6O11. The lowest BCUT2D eigenvalue weighted by Crippen LogP contribution is -2.16. The van der Waals surface area contributed by atoms with Crippen molar-refractivity contribution in [3.8, 4) is 11.5 Å². The predicted molar refractivity (Wildman–Crippen MR) is 362 cm³/mol. The third-order valence-electron chi connectivity index (χ3n) is 14.7. The number of nitrogens with zero attached hydrogens (tertiary/aromatic N) is 3. The first-order valence-electron chi connectivity index (χ1n) is 31.5. The van der Waals surface area contributed by atoms with E-state index in [2.05, 4.69) is 19.9 Å². The van der Waals surface area contributed by atoms with E-state index < -0.39 is 117 Å². The number of anilines is 2. The molecule has 0 aliphatic carbocycles. The minimum atomic E-state index is -4.69. The van der Waals surface area contributed by atoms with Gasteiger partial charge < -0.3 is 45.6 Å². The Kier molecular flexibility index (Phi) is 28.2. The Balaban J connectivity index is 0.000000235. The van der Waals surface area contributed by atoms with Crippen molar-refractivity contribution in [3.05, 3.63) is 215 Å². The maximum absolute atomic E-state index is 13.2. The minimum absolute atomic E-state index is 0.0545. The van der Waals surface area contributed by atoms with Crippen LogP contribution in [-0.4, -0.2) is 80.5 Å². The third-order valence-corrected chi connectivity index (χ3v) is 14.7. The number of aromatic amines is 1. The first kappa shape index (κ1) is 87.2. The number of rotatable bonds is 8. The molecule has 580 valence electrons. The lowest BCUT2D eigenvalue weighted by molar-refractivity contribution is -0.137. The summed E-state index contributed by atoms with van der Waals surface area (Å²) in [6.45, 7) is 17.9. The van der Waals surface area contributed by atoms with Gasteiger partial charge in [0, 0.05) is 39.0 Å². The number of nitrogens with one attached hydrogen (secondary N) is 1. The van der Waals surface area contributed by atoms with Gasteiger partial charge in [0.05, 0.1) is 81.9 Å². The van der Waals surface area contributed by atoms with Crippen LogP contribution in [0.5, 0.6) is 11.5 Å². The molecule has 0 spiro atoms. The van der Waals surface area contributed by atoms with Gasteiger partial charge in [0.1, 0.15) is 34.3 Å². The summed E-state index contributed by atoms with van der Waals surface area (Å²) in [5.41, 5.74) is 4.75. The van der Waals surface area contributed by atoms with Crippen molar-refractivity contribution in [1.29, 1.82) is 0 Å². The molecule has 0 aliphatic rings. The maximum atomic E-state index is 13.2.